The number of halogens is 1. The maximum absolute atomic E-state index is 13.6. The molecule has 0 saturated carbocycles. The standard InChI is InChI=1S/C29H34FN5O4S/c1-3-13-33-20-27(36)34-25(12-16-40-2)28(37)32(14-15-39-21-23-10-7-11-24(30)17-23)19-26(34)35(33)29(38)31-18-22-8-5-4-6-9-22/h1,4-11,17,25-26H,12-16,18-21H2,2H3,(H,31,38). The van der Waals surface area contributed by atoms with Crippen LogP contribution in [0.15, 0.2) is 54.6 Å². The van der Waals surface area contributed by atoms with Crippen LogP contribution in [0.4, 0.5) is 9.18 Å². The molecule has 4 rings (SSSR count). The fraction of sp³-hybridized carbons (Fsp3) is 0.414. The van der Waals surface area contributed by atoms with Crippen LogP contribution in [0.5, 0.6) is 0 Å². The normalized spacial score (nSPS) is 19.4. The van der Waals surface area contributed by atoms with Crippen molar-refractivity contribution < 1.29 is 23.5 Å². The smallest absolute Gasteiger partial charge is 0.334 e. The van der Waals surface area contributed by atoms with Crippen LogP contribution in [0.1, 0.15) is 17.5 Å². The van der Waals surface area contributed by atoms with Crippen molar-refractivity contribution in [1.29, 1.82) is 0 Å². The Kier molecular flexibility index (Phi) is 10.4. The van der Waals surface area contributed by atoms with Crippen LogP contribution < -0.4 is 5.32 Å². The van der Waals surface area contributed by atoms with Crippen molar-refractivity contribution in [3.05, 3.63) is 71.5 Å². The van der Waals surface area contributed by atoms with Crippen molar-refractivity contribution >= 4 is 29.6 Å². The van der Waals surface area contributed by atoms with E-state index in [0.717, 1.165) is 5.56 Å². The number of nitrogens with zero attached hydrogens (tertiary/aromatic N) is 4. The van der Waals surface area contributed by atoms with Crippen LogP contribution >= 0.6 is 11.8 Å². The number of ether oxygens (including phenoxy) is 1. The maximum Gasteiger partial charge on any atom is 0.334 e. The number of urea groups is 1. The third-order valence-electron chi connectivity index (χ3n) is 6.86. The topological polar surface area (TPSA) is 85.4 Å². The van der Waals surface area contributed by atoms with E-state index in [1.165, 1.54) is 17.1 Å². The average Bonchev–Trinajstić information content (AvgIpc) is 2.95. The van der Waals surface area contributed by atoms with E-state index in [-0.39, 0.29) is 57.0 Å². The number of terminal acetylenes is 1. The van der Waals surface area contributed by atoms with Gasteiger partial charge in [0.1, 0.15) is 18.0 Å². The first-order valence-electron chi connectivity index (χ1n) is 13.1. The number of fused-ring (bicyclic) bond motifs is 1. The van der Waals surface area contributed by atoms with Gasteiger partial charge < -0.3 is 19.9 Å². The number of thioether (sulfide) groups is 1. The molecule has 2 aromatic rings. The number of benzene rings is 2. The first kappa shape index (κ1) is 29.4. The molecule has 0 radical (unpaired) electrons. The Morgan fingerprint density at radius 2 is 1.95 bits per heavy atom. The van der Waals surface area contributed by atoms with Gasteiger partial charge in [-0.2, -0.15) is 16.8 Å². The van der Waals surface area contributed by atoms with E-state index >= 15 is 0 Å². The first-order valence-corrected chi connectivity index (χ1v) is 14.5. The molecule has 0 aromatic heterocycles. The van der Waals surface area contributed by atoms with Crippen molar-refractivity contribution in [2.24, 2.45) is 0 Å². The third kappa shape index (κ3) is 7.13. The van der Waals surface area contributed by atoms with Crippen molar-refractivity contribution in [2.45, 2.75) is 31.8 Å². The summed E-state index contributed by atoms with van der Waals surface area (Å²) in [5, 5.41) is 5.99. The summed E-state index contributed by atoms with van der Waals surface area (Å²) in [7, 11) is 0. The Morgan fingerprint density at radius 3 is 2.67 bits per heavy atom. The number of amides is 4. The van der Waals surface area contributed by atoms with E-state index in [0.29, 0.717) is 24.3 Å². The Balaban J connectivity index is 1.52. The second-order valence-corrected chi connectivity index (χ2v) is 10.5. The molecule has 2 heterocycles. The third-order valence-corrected chi connectivity index (χ3v) is 7.50. The van der Waals surface area contributed by atoms with Gasteiger partial charge >= 0.3 is 6.03 Å². The van der Waals surface area contributed by atoms with Gasteiger partial charge in [0, 0.05) is 13.1 Å². The summed E-state index contributed by atoms with van der Waals surface area (Å²) in [4.78, 5) is 43.7. The molecule has 0 bridgehead atoms. The monoisotopic (exact) mass is 567 g/mol. The predicted octanol–water partition coefficient (Wildman–Crippen LogP) is 2.54. The summed E-state index contributed by atoms with van der Waals surface area (Å²) < 4.78 is 19.2. The van der Waals surface area contributed by atoms with Gasteiger partial charge in [0.15, 0.2) is 0 Å². The number of rotatable bonds is 11. The molecule has 2 unspecified atom stereocenters. The molecule has 1 N–H and O–H groups in total. The fourth-order valence-electron chi connectivity index (χ4n) is 4.99. The summed E-state index contributed by atoms with van der Waals surface area (Å²) in [6.45, 7) is 1.06. The summed E-state index contributed by atoms with van der Waals surface area (Å²) in [6.07, 6.45) is 7.27. The highest BCUT2D eigenvalue weighted by Crippen LogP contribution is 2.28. The highest BCUT2D eigenvalue weighted by Gasteiger charge is 2.51. The summed E-state index contributed by atoms with van der Waals surface area (Å²) in [5.41, 5.74) is 1.62. The Morgan fingerprint density at radius 1 is 1.18 bits per heavy atom. The number of nitrogens with one attached hydrogen (secondary N) is 1. The molecule has 2 aromatic carbocycles. The summed E-state index contributed by atoms with van der Waals surface area (Å²) >= 11 is 1.59. The molecule has 2 aliphatic heterocycles. The lowest BCUT2D eigenvalue weighted by molar-refractivity contribution is -0.189. The van der Waals surface area contributed by atoms with Gasteiger partial charge in [-0.1, -0.05) is 48.4 Å². The predicted molar refractivity (Wildman–Crippen MR) is 151 cm³/mol. The number of carbonyl (C=O) groups excluding carboxylic acids is 3. The van der Waals surface area contributed by atoms with E-state index in [1.807, 2.05) is 36.6 Å². The average molecular weight is 568 g/mol. The van der Waals surface area contributed by atoms with E-state index < -0.39 is 18.2 Å². The molecule has 2 aliphatic rings. The quantitative estimate of drug-likeness (QED) is 0.332. The van der Waals surface area contributed by atoms with Crippen LogP contribution in [0.25, 0.3) is 0 Å². The van der Waals surface area contributed by atoms with Gasteiger partial charge in [-0.05, 0) is 41.7 Å². The Labute approximate surface area is 238 Å². The van der Waals surface area contributed by atoms with Gasteiger partial charge in [0.25, 0.3) is 0 Å². The molecule has 9 nitrogen and oxygen atoms in total. The second-order valence-electron chi connectivity index (χ2n) is 9.56. The SMILES string of the molecule is C#CCN1CC(=O)N2C(CCSC)C(=O)N(CCOCc3cccc(F)c3)CC2N1C(=O)NCc1ccccc1. The number of carbonyl (C=O) groups is 3. The number of piperazine rings is 1. The van der Waals surface area contributed by atoms with Gasteiger partial charge in [0.2, 0.25) is 11.8 Å². The van der Waals surface area contributed by atoms with Gasteiger partial charge in [0.05, 0.1) is 32.8 Å². The molecule has 0 spiro atoms. The van der Waals surface area contributed by atoms with E-state index in [2.05, 4.69) is 11.2 Å². The minimum Gasteiger partial charge on any atom is -0.375 e. The largest absolute Gasteiger partial charge is 0.375 e. The molecule has 2 atom stereocenters. The molecule has 40 heavy (non-hydrogen) atoms. The zero-order valence-electron chi connectivity index (χ0n) is 22.5. The second kappa shape index (κ2) is 14.2. The van der Waals surface area contributed by atoms with Crippen molar-refractivity contribution in [3.8, 4) is 12.3 Å². The molecular weight excluding hydrogens is 533 g/mol. The van der Waals surface area contributed by atoms with Crippen molar-refractivity contribution in [3.63, 3.8) is 0 Å². The highest BCUT2D eigenvalue weighted by molar-refractivity contribution is 7.98. The minimum absolute atomic E-state index is 0.0645. The van der Waals surface area contributed by atoms with Crippen LogP contribution in [-0.2, 0) is 27.5 Å². The van der Waals surface area contributed by atoms with Crippen LogP contribution in [-0.4, -0.2) is 94.7 Å². The van der Waals surface area contributed by atoms with E-state index in [1.54, 1.807) is 38.7 Å². The van der Waals surface area contributed by atoms with Crippen LogP contribution in [0.2, 0.25) is 0 Å². The van der Waals surface area contributed by atoms with E-state index in [4.69, 9.17) is 11.2 Å². The van der Waals surface area contributed by atoms with Gasteiger partial charge in [-0.15, -0.1) is 6.42 Å². The summed E-state index contributed by atoms with van der Waals surface area (Å²) in [6, 6.07) is 14.6. The maximum atomic E-state index is 13.6. The zero-order valence-corrected chi connectivity index (χ0v) is 23.3. The summed E-state index contributed by atoms with van der Waals surface area (Å²) in [5.74, 6) is 2.45. The van der Waals surface area contributed by atoms with Crippen LogP contribution in [0.3, 0.4) is 0 Å². The molecule has 212 valence electrons. The minimum atomic E-state index is -0.724. The number of hydrogen-bond donors (Lipinski definition) is 1. The Bertz CT molecular complexity index is 1230. The molecule has 0 aliphatic carbocycles. The number of hydrogen-bond acceptors (Lipinski definition) is 6. The number of hydrazine groups is 1. The Hall–Kier alpha value is -3.59. The molecule has 11 heteroatoms. The lowest BCUT2D eigenvalue weighted by atomic mass is 10.0. The van der Waals surface area contributed by atoms with Gasteiger partial charge in [-0.25, -0.2) is 14.2 Å². The molecule has 2 fully saturated rings. The first-order chi connectivity index (χ1) is 19.4. The molecule has 4 amide bonds. The lowest BCUT2D eigenvalue weighted by Crippen LogP contribution is -2.76. The molecular formula is C29H34FN5O4S. The molecule has 2 saturated heterocycles. The zero-order chi connectivity index (χ0) is 28.5. The van der Waals surface area contributed by atoms with Gasteiger partial charge in [-0.3, -0.25) is 9.59 Å². The van der Waals surface area contributed by atoms with Crippen LogP contribution in [0, 0.1) is 18.2 Å². The lowest BCUT2D eigenvalue weighted by Gasteiger charge is -2.54. The van der Waals surface area contributed by atoms with Crippen molar-refractivity contribution in [2.75, 3.05) is 44.8 Å². The van der Waals surface area contributed by atoms with Crippen molar-refractivity contribution in [1.82, 2.24) is 25.1 Å². The highest BCUT2D eigenvalue weighted by atomic mass is 32.2. The van der Waals surface area contributed by atoms with E-state index in [9.17, 15) is 18.8 Å². The fourth-order valence-corrected chi connectivity index (χ4v) is 5.45.